The van der Waals surface area contributed by atoms with Gasteiger partial charge >= 0.3 is 6.09 Å². The van der Waals surface area contributed by atoms with Crippen LogP contribution in [0.15, 0.2) is 24.3 Å². The molecule has 0 aliphatic carbocycles. The van der Waals surface area contributed by atoms with Gasteiger partial charge in [-0.25, -0.2) is 4.79 Å². The van der Waals surface area contributed by atoms with E-state index in [0.717, 1.165) is 24.3 Å². The molecule has 138 valence electrons. The molecule has 7 heteroatoms. The fourth-order valence-corrected chi connectivity index (χ4v) is 3.01. The van der Waals surface area contributed by atoms with Gasteiger partial charge in [-0.2, -0.15) is 0 Å². The van der Waals surface area contributed by atoms with E-state index in [1.165, 1.54) is 0 Å². The molecule has 1 aromatic rings. The SMILES string of the molecule is COC[C@H]1CN(c2ccc(OCCCC3(C)OCCO3)cc2)C(=O)O1. The summed E-state index contributed by atoms with van der Waals surface area (Å²) in [7, 11) is 1.59. The number of carbonyl (C=O) groups is 1. The molecule has 0 saturated carbocycles. The number of nitrogens with zero attached hydrogens (tertiary/aromatic N) is 1. The summed E-state index contributed by atoms with van der Waals surface area (Å²) in [5.41, 5.74) is 0.788. The molecule has 0 bridgehead atoms. The van der Waals surface area contributed by atoms with Crippen LogP contribution in [0.3, 0.4) is 0 Å². The Labute approximate surface area is 147 Å². The first-order valence-electron chi connectivity index (χ1n) is 8.57. The Kier molecular flexibility index (Phi) is 5.78. The second kappa shape index (κ2) is 8.03. The van der Waals surface area contributed by atoms with Crippen LogP contribution in [0.1, 0.15) is 19.8 Å². The third-order valence-electron chi connectivity index (χ3n) is 4.32. The van der Waals surface area contributed by atoms with E-state index in [0.29, 0.717) is 33.0 Å². The van der Waals surface area contributed by atoms with Gasteiger partial charge in [0.2, 0.25) is 0 Å². The highest BCUT2D eigenvalue weighted by molar-refractivity contribution is 5.89. The third kappa shape index (κ3) is 4.62. The number of hydrogen-bond donors (Lipinski definition) is 0. The van der Waals surface area contributed by atoms with Gasteiger partial charge in [0.1, 0.15) is 11.9 Å². The largest absolute Gasteiger partial charge is 0.494 e. The van der Waals surface area contributed by atoms with Gasteiger partial charge in [-0.3, -0.25) is 4.90 Å². The second-order valence-corrected chi connectivity index (χ2v) is 6.35. The number of anilines is 1. The Morgan fingerprint density at radius 3 is 2.64 bits per heavy atom. The van der Waals surface area contributed by atoms with Crippen molar-refractivity contribution in [2.45, 2.75) is 31.7 Å². The molecule has 1 amide bonds. The minimum absolute atomic E-state index is 0.227. The van der Waals surface area contributed by atoms with Gasteiger partial charge in [0, 0.05) is 19.2 Å². The fraction of sp³-hybridized carbons (Fsp3) is 0.611. The number of cyclic esters (lactones) is 1. The lowest BCUT2D eigenvalue weighted by Crippen LogP contribution is -2.26. The van der Waals surface area contributed by atoms with Crippen molar-refractivity contribution in [2.24, 2.45) is 0 Å². The van der Waals surface area contributed by atoms with E-state index in [9.17, 15) is 4.79 Å². The predicted molar refractivity (Wildman–Crippen MR) is 91.0 cm³/mol. The molecule has 0 radical (unpaired) electrons. The summed E-state index contributed by atoms with van der Waals surface area (Å²) >= 11 is 0. The van der Waals surface area contributed by atoms with Crippen LogP contribution in [-0.2, 0) is 18.9 Å². The molecular formula is C18H25NO6. The molecule has 2 aliphatic heterocycles. The van der Waals surface area contributed by atoms with Crippen LogP contribution in [0.25, 0.3) is 0 Å². The van der Waals surface area contributed by atoms with Crippen LogP contribution in [0, 0.1) is 0 Å². The van der Waals surface area contributed by atoms with E-state index >= 15 is 0 Å². The first-order chi connectivity index (χ1) is 12.1. The van der Waals surface area contributed by atoms with Crippen molar-refractivity contribution in [3.05, 3.63) is 24.3 Å². The lowest BCUT2D eigenvalue weighted by atomic mass is 10.2. The zero-order chi connectivity index (χ0) is 17.7. The second-order valence-electron chi connectivity index (χ2n) is 6.35. The molecule has 0 spiro atoms. The van der Waals surface area contributed by atoms with Crippen LogP contribution in [-0.4, -0.2) is 58.1 Å². The van der Waals surface area contributed by atoms with Gasteiger partial charge in [-0.05, 0) is 37.6 Å². The quantitative estimate of drug-likeness (QED) is 0.671. The molecule has 2 heterocycles. The Morgan fingerprint density at radius 2 is 1.96 bits per heavy atom. The van der Waals surface area contributed by atoms with Crippen LogP contribution in [0.2, 0.25) is 0 Å². The van der Waals surface area contributed by atoms with Crippen molar-refractivity contribution >= 4 is 11.8 Å². The first kappa shape index (κ1) is 18.0. The molecule has 0 unspecified atom stereocenters. The zero-order valence-electron chi connectivity index (χ0n) is 14.7. The molecule has 25 heavy (non-hydrogen) atoms. The Bertz CT molecular complexity index is 569. The van der Waals surface area contributed by atoms with Crippen molar-refractivity contribution in [3.63, 3.8) is 0 Å². The highest BCUT2D eigenvalue weighted by Crippen LogP contribution is 2.26. The Morgan fingerprint density at radius 1 is 1.24 bits per heavy atom. The number of ether oxygens (including phenoxy) is 5. The van der Waals surface area contributed by atoms with Crippen molar-refractivity contribution in [3.8, 4) is 5.75 Å². The maximum Gasteiger partial charge on any atom is 0.414 e. The average Bonchev–Trinajstić information content (AvgIpc) is 3.19. The Balaban J connectivity index is 1.45. The number of methoxy groups -OCH3 is 1. The summed E-state index contributed by atoms with van der Waals surface area (Å²) in [5, 5.41) is 0. The maximum atomic E-state index is 11.9. The summed E-state index contributed by atoms with van der Waals surface area (Å²) in [6.07, 6.45) is 1.07. The lowest BCUT2D eigenvalue weighted by Gasteiger charge is -2.22. The molecule has 2 aliphatic rings. The third-order valence-corrected chi connectivity index (χ3v) is 4.32. The van der Waals surface area contributed by atoms with Gasteiger partial charge in [0.25, 0.3) is 0 Å². The molecule has 7 nitrogen and oxygen atoms in total. The van der Waals surface area contributed by atoms with Crippen molar-refractivity contribution < 1.29 is 28.5 Å². The molecule has 2 fully saturated rings. The summed E-state index contributed by atoms with van der Waals surface area (Å²) in [4.78, 5) is 13.5. The number of rotatable bonds is 8. The van der Waals surface area contributed by atoms with Gasteiger partial charge in [0.05, 0.1) is 33.0 Å². The van der Waals surface area contributed by atoms with Gasteiger partial charge in [-0.1, -0.05) is 0 Å². The van der Waals surface area contributed by atoms with Crippen molar-refractivity contribution in [1.29, 1.82) is 0 Å². The van der Waals surface area contributed by atoms with Crippen LogP contribution >= 0.6 is 0 Å². The fourth-order valence-electron chi connectivity index (χ4n) is 3.01. The first-order valence-corrected chi connectivity index (χ1v) is 8.57. The zero-order valence-corrected chi connectivity index (χ0v) is 14.7. The normalized spacial score (nSPS) is 22.2. The molecule has 2 saturated heterocycles. The number of carbonyl (C=O) groups excluding carboxylic acids is 1. The maximum absolute atomic E-state index is 11.9. The van der Waals surface area contributed by atoms with E-state index in [1.54, 1.807) is 12.0 Å². The summed E-state index contributed by atoms with van der Waals surface area (Å²) in [6.45, 7) is 4.75. The summed E-state index contributed by atoms with van der Waals surface area (Å²) in [5.74, 6) is 0.297. The standard InChI is InChI=1S/C18H25NO6/c1-18(23-10-11-24-18)8-3-9-22-15-6-4-14(5-7-15)19-12-16(13-21-2)25-17(19)20/h4-7,16H,3,8-13H2,1-2H3/t16-/m1/s1. The van der Waals surface area contributed by atoms with Gasteiger partial charge in [-0.15, -0.1) is 0 Å². The molecule has 1 aromatic carbocycles. The van der Waals surface area contributed by atoms with Gasteiger partial charge in [0.15, 0.2) is 5.79 Å². The molecule has 0 aromatic heterocycles. The highest BCUT2D eigenvalue weighted by atomic mass is 16.7. The monoisotopic (exact) mass is 351 g/mol. The minimum Gasteiger partial charge on any atom is -0.494 e. The van der Waals surface area contributed by atoms with E-state index < -0.39 is 5.79 Å². The number of amides is 1. The molecule has 1 atom stereocenters. The number of benzene rings is 1. The Hall–Kier alpha value is -1.83. The minimum atomic E-state index is -0.470. The van der Waals surface area contributed by atoms with Crippen LogP contribution in [0.4, 0.5) is 10.5 Å². The van der Waals surface area contributed by atoms with Crippen LogP contribution in [0.5, 0.6) is 5.75 Å². The highest BCUT2D eigenvalue weighted by Gasteiger charge is 2.32. The average molecular weight is 351 g/mol. The van der Waals surface area contributed by atoms with Crippen molar-refractivity contribution in [1.82, 2.24) is 0 Å². The van der Waals surface area contributed by atoms with E-state index in [-0.39, 0.29) is 12.2 Å². The predicted octanol–water partition coefficient (Wildman–Crippen LogP) is 2.58. The topological polar surface area (TPSA) is 66.5 Å². The lowest BCUT2D eigenvalue weighted by molar-refractivity contribution is -0.148. The van der Waals surface area contributed by atoms with E-state index in [2.05, 4.69) is 0 Å². The van der Waals surface area contributed by atoms with Crippen LogP contribution < -0.4 is 9.64 Å². The summed E-state index contributed by atoms with van der Waals surface area (Å²) < 4.78 is 27.2. The smallest absolute Gasteiger partial charge is 0.414 e. The van der Waals surface area contributed by atoms with Crippen molar-refractivity contribution in [2.75, 3.05) is 45.0 Å². The molecule has 0 N–H and O–H groups in total. The molecule has 3 rings (SSSR count). The molecular weight excluding hydrogens is 326 g/mol. The van der Waals surface area contributed by atoms with E-state index in [4.69, 9.17) is 23.7 Å². The number of hydrogen-bond acceptors (Lipinski definition) is 6. The summed E-state index contributed by atoms with van der Waals surface area (Å²) in [6, 6.07) is 7.43. The van der Waals surface area contributed by atoms with Gasteiger partial charge < -0.3 is 23.7 Å². The van der Waals surface area contributed by atoms with E-state index in [1.807, 2.05) is 31.2 Å².